The second-order valence-corrected chi connectivity index (χ2v) is 5.94. The number of ether oxygens (including phenoxy) is 2. The molecule has 1 saturated heterocycles. The van der Waals surface area contributed by atoms with Crippen molar-refractivity contribution in [3.05, 3.63) is 59.9 Å². The maximum atomic E-state index is 12.9. The zero-order valence-corrected chi connectivity index (χ0v) is 14.2. The fourth-order valence-electron chi connectivity index (χ4n) is 2.79. The van der Waals surface area contributed by atoms with E-state index in [0.717, 1.165) is 25.4 Å². The Kier molecular flexibility index (Phi) is 5.50. The Hall–Kier alpha value is -2.60. The van der Waals surface area contributed by atoms with Crippen LogP contribution in [-0.2, 0) is 6.54 Å². The highest BCUT2D eigenvalue weighted by molar-refractivity contribution is 5.70. The summed E-state index contributed by atoms with van der Waals surface area (Å²) in [4.78, 5) is 16.1. The summed E-state index contributed by atoms with van der Waals surface area (Å²) in [7, 11) is 1.66. The summed E-state index contributed by atoms with van der Waals surface area (Å²) in [6.07, 6.45) is -0.396. The van der Waals surface area contributed by atoms with Gasteiger partial charge in [0.15, 0.2) is 0 Å². The number of carbonyl (C=O) groups excluding carboxylic acids is 1. The first kappa shape index (κ1) is 17.2. The van der Waals surface area contributed by atoms with Crippen LogP contribution in [0.3, 0.4) is 0 Å². The van der Waals surface area contributed by atoms with Gasteiger partial charge in [0.1, 0.15) is 17.3 Å². The average Bonchev–Trinajstić information content (AvgIpc) is 2.64. The van der Waals surface area contributed by atoms with E-state index in [-0.39, 0.29) is 5.82 Å². The standard InChI is InChI=1S/C19H21FN2O3/c1-24-18-4-2-3-15(13-18)14-21-9-11-22(12-10-21)19(23)25-17-7-5-16(20)6-8-17/h2-8,13H,9-12,14H2,1H3. The summed E-state index contributed by atoms with van der Waals surface area (Å²) in [6.45, 7) is 3.57. The Labute approximate surface area is 146 Å². The molecule has 1 fully saturated rings. The second kappa shape index (κ2) is 7.98. The van der Waals surface area contributed by atoms with E-state index in [9.17, 15) is 9.18 Å². The van der Waals surface area contributed by atoms with E-state index in [2.05, 4.69) is 11.0 Å². The van der Waals surface area contributed by atoms with Crippen molar-refractivity contribution in [1.29, 1.82) is 0 Å². The van der Waals surface area contributed by atoms with E-state index in [0.29, 0.717) is 18.8 Å². The average molecular weight is 344 g/mol. The molecule has 6 heteroatoms. The van der Waals surface area contributed by atoms with Crippen molar-refractivity contribution in [3.63, 3.8) is 0 Å². The van der Waals surface area contributed by atoms with Crippen molar-refractivity contribution in [2.45, 2.75) is 6.54 Å². The zero-order valence-electron chi connectivity index (χ0n) is 14.2. The normalized spacial score (nSPS) is 15.0. The van der Waals surface area contributed by atoms with Crippen LogP contribution in [0.2, 0.25) is 0 Å². The molecule has 132 valence electrons. The Morgan fingerprint density at radius 3 is 2.44 bits per heavy atom. The van der Waals surface area contributed by atoms with Crippen LogP contribution in [-0.4, -0.2) is 49.2 Å². The Morgan fingerprint density at radius 1 is 1.04 bits per heavy atom. The van der Waals surface area contributed by atoms with Gasteiger partial charge in [-0.2, -0.15) is 0 Å². The molecule has 25 heavy (non-hydrogen) atoms. The third-order valence-electron chi connectivity index (χ3n) is 4.19. The van der Waals surface area contributed by atoms with Gasteiger partial charge < -0.3 is 14.4 Å². The molecule has 0 N–H and O–H groups in total. The molecule has 0 aromatic heterocycles. The van der Waals surface area contributed by atoms with Crippen molar-refractivity contribution >= 4 is 6.09 Å². The minimum absolute atomic E-state index is 0.352. The topological polar surface area (TPSA) is 42.0 Å². The molecule has 1 aliphatic rings. The Morgan fingerprint density at radius 2 is 1.76 bits per heavy atom. The van der Waals surface area contributed by atoms with E-state index in [1.54, 1.807) is 12.0 Å². The van der Waals surface area contributed by atoms with Crippen molar-refractivity contribution < 1.29 is 18.7 Å². The number of piperazine rings is 1. The van der Waals surface area contributed by atoms with Crippen LogP contribution in [0.1, 0.15) is 5.56 Å². The molecular formula is C19H21FN2O3. The van der Waals surface area contributed by atoms with E-state index < -0.39 is 6.09 Å². The minimum Gasteiger partial charge on any atom is -0.497 e. The second-order valence-electron chi connectivity index (χ2n) is 5.94. The molecule has 2 aromatic rings. The first-order chi connectivity index (χ1) is 12.1. The molecule has 2 aromatic carbocycles. The first-order valence-electron chi connectivity index (χ1n) is 8.21. The SMILES string of the molecule is COc1cccc(CN2CCN(C(=O)Oc3ccc(F)cc3)CC2)c1. The molecule has 0 spiro atoms. The summed E-state index contributed by atoms with van der Waals surface area (Å²) >= 11 is 0. The van der Waals surface area contributed by atoms with Crippen LogP contribution < -0.4 is 9.47 Å². The molecule has 0 saturated carbocycles. The smallest absolute Gasteiger partial charge is 0.415 e. The lowest BCUT2D eigenvalue weighted by atomic mass is 10.2. The van der Waals surface area contributed by atoms with Crippen LogP contribution >= 0.6 is 0 Å². The van der Waals surface area contributed by atoms with Gasteiger partial charge in [0.2, 0.25) is 0 Å². The molecule has 1 amide bonds. The number of halogens is 1. The molecule has 0 bridgehead atoms. The predicted octanol–water partition coefficient (Wildman–Crippen LogP) is 3.15. The lowest BCUT2D eigenvalue weighted by Gasteiger charge is -2.34. The van der Waals surface area contributed by atoms with E-state index >= 15 is 0 Å². The summed E-state index contributed by atoms with van der Waals surface area (Å²) < 4.78 is 23.4. The number of methoxy groups -OCH3 is 1. The van der Waals surface area contributed by atoms with Crippen LogP contribution in [0, 0.1) is 5.82 Å². The molecule has 5 nitrogen and oxygen atoms in total. The highest BCUT2D eigenvalue weighted by atomic mass is 19.1. The largest absolute Gasteiger partial charge is 0.497 e. The lowest BCUT2D eigenvalue weighted by Crippen LogP contribution is -2.49. The van der Waals surface area contributed by atoms with Crippen LogP contribution in [0.4, 0.5) is 9.18 Å². The van der Waals surface area contributed by atoms with Gasteiger partial charge in [0.25, 0.3) is 0 Å². The van der Waals surface area contributed by atoms with Gasteiger partial charge >= 0.3 is 6.09 Å². The number of hydrogen-bond acceptors (Lipinski definition) is 4. The summed E-state index contributed by atoms with van der Waals surface area (Å²) in [5.41, 5.74) is 1.18. The molecule has 0 atom stereocenters. The quantitative estimate of drug-likeness (QED) is 0.854. The van der Waals surface area contributed by atoms with Gasteiger partial charge in [-0.3, -0.25) is 4.90 Å². The number of hydrogen-bond donors (Lipinski definition) is 0. The lowest BCUT2D eigenvalue weighted by molar-refractivity contribution is 0.108. The van der Waals surface area contributed by atoms with Gasteiger partial charge in [-0.1, -0.05) is 12.1 Å². The minimum atomic E-state index is -0.396. The first-order valence-corrected chi connectivity index (χ1v) is 8.21. The molecule has 1 heterocycles. The summed E-state index contributed by atoms with van der Waals surface area (Å²) in [5.74, 6) is 0.843. The highest BCUT2D eigenvalue weighted by Crippen LogP contribution is 2.16. The van der Waals surface area contributed by atoms with Gasteiger partial charge in [-0.25, -0.2) is 9.18 Å². The maximum absolute atomic E-state index is 12.9. The van der Waals surface area contributed by atoms with Gasteiger partial charge in [0, 0.05) is 32.7 Å². The molecule has 1 aliphatic heterocycles. The van der Waals surface area contributed by atoms with Crippen molar-refractivity contribution in [1.82, 2.24) is 9.80 Å². The van der Waals surface area contributed by atoms with Crippen molar-refractivity contribution in [2.24, 2.45) is 0 Å². The van der Waals surface area contributed by atoms with Crippen LogP contribution in [0.15, 0.2) is 48.5 Å². The predicted molar refractivity (Wildman–Crippen MR) is 92.3 cm³/mol. The highest BCUT2D eigenvalue weighted by Gasteiger charge is 2.22. The van der Waals surface area contributed by atoms with E-state index in [1.165, 1.54) is 29.8 Å². The fourth-order valence-corrected chi connectivity index (χ4v) is 2.79. The fraction of sp³-hybridized carbons (Fsp3) is 0.316. The molecule has 0 radical (unpaired) electrons. The van der Waals surface area contributed by atoms with E-state index in [4.69, 9.17) is 9.47 Å². The van der Waals surface area contributed by atoms with Crippen molar-refractivity contribution in [3.8, 4) is 11.5 Å². The molecular weight excluding hydrogens is 323 g/mol. The van der Waals surface area contributed by atoms with Gasteiger partial charge in [0.05, 0.1) is 7.11 Å². The van der Waals surface area contributed by atoms with Gasteiger partial charge in [-0.15, -0.1) is 0 Å². The third-order valence-corrected chi connectivity index (χ3v) is 4.19. The van der Waals surface area contributed by atoms with Crippen LogP contribution in [0.25, 0.3) is 0 Å². The maximum Gasteiger partial charge on any atom is 0.415 e. The molecule has 0 unspecified atom stereocenters. The Balaban J connectivity index is 1.49. The number of carbonyl (C=O) groups is 1. The summed E-state index contributed by atoms with van der Waals surface area (Å²) in [6, 6.07) is 13.4. The monoisotopic (exact) mass is 344 g/mol. The summed E-state index contributed by atoms with van der Waals surface area (Å²) in [5, 5.41) is 0. The zero-order chi connectivity index (χ0) is 17.6. The number of benzene rings is 2. The number of amides is 1. The molecule has 3 rings (SSSR count). The number of nitrogens with zero attached hydrogens (tertiary/aromatic N) is 2. The van der Waals surface area contributed by atoms with Gasteiger partial charge in [-0.05, 0) is 42.0 Å². The Bertz CT molecular complexity index is 713. The number of rotatable bonds is 4. The van der Waals surface area contributed by atoms with Crippen molar-refractivity contribution in [2.75, 3.05) is 33.3 Å². The van der Waals surface area contributed by atoms with E-state index in [1.807, 2.05) is 18.2 Å². The molecule has 0 aliphatic carbocycles. The third kappa shape index (κ3) is 4.70. The van der Waals surface area contributed by atoms with Crippen LogP contribution in [0.5, 0.6) is 11.5 Å².